The molecule has 0 unspecified atom stereocenters. The molecule has 1 aliphatic rings. The summed E-state index contributed by atoms with van der Waals surface area (Å²) < 4.78 is 5.03. The number of methoxy groups -OCH3 is 1. The third-order valence-corrected chi connectivity index (χ3v) is 4.02. The Morgan fingerprint density at radius 1 is 1.26 bits per heavy atom. The molecule has 0 amide bonds. The Hall–Kier alpha value is -1.82. The van der Waals surface area contributed by atoms with E-state index in [-0.39, 0.29) is 0 Å². The van der Waals surface area contributed by atoms with Gasteiger partial charge in [-0.2, -0.15) is 0 Å². The highest BCUT2D eigenvalue weighted by Crippen LogP contribution is 2.18. The molecule has 0 radical (unpaired) electrons. The largest absolute Gasteiger partial charge is 0.383 e. The van der Waals surface area contributed by atoms with Crippen LogP contribution in [0.3, 0.4) is 0 Å². The van der Waals surface area contributed by atoms with Gasteiger partial charge in [0.1, 0.15) is 5.82 Å². The number of guanidine groups is 1. The van der Waals surface area contributed by atoms with Gasteiger partial charge in [0.2, 0.25) is 0 Å². The smallest absolute Gasteiger partial charge is 0.191 e. The van der Waals surface area contributed by atoms with E-state index in [1.54, 1.807) is 14.2 Å². The highest BCUT2D eigenvalue weighted by molar-refractivity contribution is 5.79. The standard InChI is InChI=1S/C17H29N5O/c1-18-17(20-9-12-23-2)21-14-15-7-8-19-16(13-15)22-10-5-3-4-6-11-22/h7-8,13H,3-6,9-12,14H2,1-2H3,(H2,18,20,21). The molecule has 0 spiro atoms. The van der Waals surface area contributed by atoms with Crippen LogP contribution in [-0.4, -0.2) is 51.3 Å². The zero-order chi connectivity index (χ0) is 16.3. The molecule has 0 saturated carbocycles. The molecule has 0 aliphatic carbocycles. The molecule has 2 heterocycles. The predicted molar refractivity (Wildman–Crippen MR) is 95.0 cm³/mol. The summed E-state index contributed by atoms with van der Waals surface area (Å²) in [5.74, 6) is 1.88. The molecule has 2 N–H and O–H groups in total. The minimum Gasteiger partial charge on any atom is -0.383 e. The fraction of sp³-hybridized carbons (Fsp3) is 0.647. The van der Waals surface area contributed by atoms with E-state index in [0.717, 1.165) is 38.0 Å². The molecule has 1 aliphatic heterocycles. The SMILES string of the molecule is CN=C(NCCOC)NCc1ccnc(N2CCCCCC2)c1. The number of aliphatic imine (C=N–C) groups is 1. The van der Waals surface area contributed by atoms with E-state index < -0.39 is 0 Å². The van der Waals surface area contributed by atoms with Crippen molar-refractivity contribution < 1.29 is 4.74 Å². The van der Waals surface area contributed by atoms with Crippen LogP contribution >= 0.6 is 0 Å². The molecule has 1 saturated heterocycles. The lowest BCUT2D eigenvalue weighted by Crippen LogP contribution is -2.38. The molecule has 1 aromatic rings. The third-order valence-electron chi connectivity index (χ3n) is 4.02. The van der Waals surface area contributed by atoms with E-state index in [1.807, 2.05) is 6.20 Å². The summed E-state index contributed by atoms with van der Waals surface area (Å²) >= 11 is 0. The minimum atomic E-state index is 0.662. The van der Waals surface area contributed by atoms with Gasteiger partial charge in [-0.25, -0.2) is 4.98 Å². The number of aromatic nitrogens is 1. The number of anilines is 1. The van der Waals surface area contributed by atoms with Crippen molar-refractivity contribution in [2.75, 3.05) is 45.3 Å². The number of nitrogens with zero attached hydrogens (tertiary/aromatic N) is 3. The Morgan fingerprint density at radius 2 is 2.04 bits per heavy atom. The minimum absolute atomic E-state index is 0.662. The second kappa shape index (κ2) is 10.0. The maximum Gasteiger partial charge on any atom is 0.191 e. The van der Waals surface area contributed by atoms with Crippen molar-refractivity contribution in [1.29, 1.82) is 0 Å². The summed E-state index contributed by atoms with van der Waals surface area (Å²) in [6, 6.07) is 4.23. The van der Waals surface area contributed by atoms with Crippen LogP contribution in [0.2, 0.25) is 0 Å². The normalized spacial score (nSPS) is 16.1. The lowest BCUT2D eigenvalue weighted by molar-refractivity contribution is 0.203. The van der Waals surface area contributed by atoms with Gasteiger partial charge in [0.15, 0.2) is 5.96 Å². The van der Waals surface area contributed by atoms with E-state index in [1.165, 1.54) is 31.2 Å². The summed E-state index contributed by atoms with van der Waals surface area (Å²) in [4.78, 5) is 11.2. The predicted octanol–water partition coefficient (Wildman–Crippen LogP) is 1.77. The van der Waals surface area contributed by atoms with Gasteiger partial charge in [0.25, 0.3) is 0 Å². The van der Waals surface area contributed by atoms with E-state index in [0.29, 0.717) is 6.61 Å². The number of hydrogen-bond donors (Lipinski definition) is 2. The van der Waals surface area contributed by atoms with Crippen molar-refractivity contribution in [2.24, 2.45) is 4.99 Å². The van der Waals surface area contributed by atoms with E-state index >= 15 is 0 Å². The maximum absolute atomic E-state index is 5.03. The summed E-state index contributed by atoms with van der Waals surface area (Å²) in [6.45, 7) is 4.37. The number of pyridine rings is 1. The van der Waals surface area contributed by atoms with Crippen molar-refractivity contribution in [3.05, 3.63) is 23.9 Å². The van der Waals surface area contributed by atoms with E-state index in [9.17, 15) is 0 Å². The van der Waals surface area contributed by atoms with E-state index in [2.05, 4.69) is 37.6 Å². The van der Waals surface area contributed by atoms with Crippen LogP contribution in [0.1, 0.15) is 31.2 Å². The molecule has 1 aromatic heterocycles. The zero-order valence-corrected chi connectivity index (χ0v) is 14.3. The Kier molecular flexibility index (Phi) is 7.66. The second-order valence-corrected chi connectivity index (χ2v) is 5.77. The van der Waals surface area contributed by atoms with Crippen molar-refractivity contribution in [1.82, 2.24) is 15.6 Å². The monoisotopic (exact) mass is 319 g/mol. The molecule has 6 nitrogen and oxygen atoms in total. The lowest BCUT2D eigenvalue weighted by atomic mass is 10.2. The first-order valence-corrected chi connectivity index (χ1v) is 8.47. The Bertz CT molecular complexity index is 484. The molecular formula is C17H29N5O. The van der Waals surface area contributed by atoms with Gasteiger partial charge in [0.05, 0.1) is 6.61 Å². The maximum atomic E-state index is 5.03. The zero-order valence-electron chi connectivity index (χ0n) is 14.3. The average Bonchev–Trinajstić information content (AvgIpc) is 2.87. The van der Waals surface area contributed by atoms with Crippen LogP contribution in [0, 0.1) is 0 Å². The van der Waals surface area contributed by atoms with Crippen molar-refractivity contribution in [3.8, 4) is 0 Å². The number of nitrogens with one attached hydrogen (secondary N) is 2. The quantitative estimate of drug-likeness (QED) is 0.475. The van der Waals surface area contributed by atoms with Gasteiger partial charge >= 0.3 is 0 Å². The van der Waals surface area contributed by atoms with Crippen molar-refractivity contribution in [3.63, 3.8) is 0 Å². The van der Waals surface area contributed by atoms with Crippen LogP contribution < -0.4 is 15.5 Å². The molecule has 128 valence electrons. The number of hydrogen-bond acceptors (Lipinski definition) is 4. The van der Waals surface area contributed by atoms with Crippen LogP contribution in [0.15, 0.2) is 23.3 Å². The molecule has 2 rings (SSSR count). The van der Waals surface area contributed by atoms with Gasteiger partial charge in [-0.05, 0) is 30.5 Å². The van der Waals surface area contributed by atoms with Gasteiger partial charge in [0, 0.05) is 46.5 Å². The fourth-order valence-corrected chi connectivity index (χ4v) is 2.72. The first-order chi connectivity index (χ1) is 11.3. The third kappa shape index (κ3) is 6.06. The number of ether oxygens (including phenoxy) is 1. The molecule has 23 heavy (non-hydrogen) atoms. The van der Waals surface area contributed by atoms with Gasteiger partial charge in [-0.1, -0.05) is 12.8 Å². The first kappa shape index (κ1) is 17.5. The summed E-state index contributed by atoms with van der Waals surface area (Å²) in [7, 11) is 3.47. The molecule has 0 atom stereocenters. The summed E-state index contributed by atoms with van der Waals surface area (Å²) in [5, 5.41) is 6.54. The summed E-state index contributed by atoms with van der Waals surface area (Å²) in [5.41, 5.74) is 1.22. The van der Waals surface area contributed by atoms with Crippen LogP contribution in [-0.2, 0) is 11.3 Å². The average molecular weight is 319 g/mol. The summed E-state index contributed by atoms with van der Waals surface area (Å²) in [6.07, 6.45) is 7.10. The van der Waals surface area contributed by atoms with Crippen LogP contribution in [0.5, 0.6) is 0 Å². The molecule has 0 aromatic carbocycles. The van der Waals surface area contributed by atoms with E-state index in [4.69, 9.17) is 4.74 Å². The van der Waals surface area contributed by atoms with Crippen LogP contribution in [0.4, 0.5) is 5.82 Å². The topological polar surface area (TPSA) is 61.8 Å². The number of rotatable bonds is 6. The Morgan fingerprint density at radius 3 is 2.74 bits per heavy atom. The van der Waals surface area contributed by atoms with Crippen molar-refractivity contribution >= 4 is 11.8 Å². The highest BCUT2D eigenvalue weighted by Gasteiger charge is 2.11. The molecular weight excluding hydrogens is 290 g/mol. The molecule has 1 fully saturated rings. The highest BCUT2D eigenvalue weighted by atomic mass is 16.5. The van der Waals surface area contributed by atoms with Gasteiger partial charge in [-0.3, -0.25) is 4.99 Å². The van der Waals surface area contributed by atoms with Crippen molar-refractivity contribution in [2.45, 2.75) is 32.2 Å². The second-order valence-electron chi connectivity index (χ2n) is 5.77. The first-order valence-electron chi connectivity index (χ1n) is 8.47. The fourth-order valence-electron chi connectivity index (χ4n) is 2.72. The molecule has 0 bridgehead atoms. The van der Waals surface area contributed by atoms with Crippen LogP contribution in [0.25, 0.3) is 0 Å². The van der Waals surface area contributed by atoms with Gasteiger partial charge < -0.3 is 20.3 Å². The van der Waals surface area contributed by atoms with Gasteiger partial charge in [-0.15, -0.1) is 0 Å². The Labute approximate surface area is 139 Å². The Balaban J connectivity index is 1.88. The lowest BCUT2D eigenvalue weighted by Gasteiger charge is -2.22. The molecule has 6 heteroatoms.